The molecule has 0 fully saturated rings. The van der Waals surface area contributed by atoms with Crippen LogP contribution in [0.1, 0.15) is 16.7 Å². The fraction of sp³-hybridized carbons (Fsp3) is 0.147. The lowest BCUT2D eigenvalue weighted by molar-refractivity contribution is -0.104. The first kappa shape index (κ1) is 31.4. The Bertz CT molecular complexity index is 1400. The quantitative estimate of drug-likeness (QED) is 0.146. The van der Waals surface area contributed by atoms with Gasteiger partial charge in [-0.05, 0) is 58.7 Å². The van der Waals surface area contributed by atoms with Gasteiger partial charge in [0.1, 0.15) is 18.0 Å². The number of hydrogen-bond donors (Lipinski definition) is 1. The van der Waals surface area contributed by atoms with Crippen molar-refractivity contribution >= 4 is 35.8 Å². The number of anilines is 2. The molecule has 1 N–H and O–H groups in total. The van der Waals surface area contributed by atoms with Crippen LogP contribution in [0.5, 0.6) is 0 Å². The van der Waals surface area contributed by atoms with Gasteiger partial charge in [-0.2, -0.15) is 0 Å². The van der Waals surface area contributed by atoms with Gasteiger partial charge in [0.05, 0.1) is 0 Å². The predicted octanol–water partition coefficient (Wildman–Crippen LogP) is 7.18. The molecule has 4 aromatic carbocycles. The summed E-state index contributed by atoms with van der Waals surface area (Å²) >= 11 is 0. The minimum absolute atomic E-state index is 0.223. The number of aldehydes is 1. The summed E-state index contributed by atoms with van der Waals surface area (Å²) in [7, 11) is 7.04. The molecule has 0 atom stereocenters. The molecule has 0 aliphatic carbocycles. The highest BCUT2D eigenvalue weighted by molar-refractivity contribution is 5.75. The molecule has 6 heteroatoms. The van der Waals surface area contributed by atoms with Gasteiger partial charge in [0.25, 0.3) is 0 Å². The molecule has 0 saturated heterocycles. The number of benzene rings is 4. The molecule has 0 saturated carbocycles. The molecule has 0 aliphatic rings. The maximum absolute atomic E-state index is 14.7. The maximum atomic E-state index is 14.7. The molecule has 0 aromatic heterocycles. The molecule has 0 heterocycles. The van der Waals surface area contributed by atoms with Gasteiger partial charge in [-0.15, -0.1) is 0 Å². The van der Waals surface area contributed by atoms with Crippen molar-refractivity contribution in [1.29, 1.82) is 0 Å². The molecule has 0 spiro atoms. The van der Waals surface area contributed by atoms with Gasteiger partial charge in [0.15, 0.2) is 0 Å². The van der Waals surface area contributed by atoms with Crippen molar-refractivity contribution in [2.24, 2.45) is 0 Å². The van der Waals surface area contributed by atoms with Crippen LogP contribution in [0.15, 0.2) is 103 Å². The number of carbonyl (C=O) groups excluding carboxylic acids is 2. The van der Waals surface area contributed by atoms with E-state index in [0.717, 1.165) is 39.9 Å². The van der Waals surface area contributed by atoms with Gasteiger partial charge >= 0.3 is 0 Å². The van der Waals surface area contributed by atoms with Gasteiger partial charge in [-0.3, -0.25) is 4.79 Å². The lowest BCUT2D eigenvalue weighted by Gasteiger charge is -2.20. The summed E-state index contributed by atoms with van der Waals surface area (Å²) in [6.07, 6.45) is 5.36. The number of carbonyl (C=O) groups is 1. The molecule has 4 rings (SSSR count). The minimum atomic E-state index is -0.223. The summed E-state index contributed by atoms with van der Waals surface area (Å²) in [5.41, 5.74) is 6.27. The van der Waals surface area contributed by atoms with Crippen LogP contribution in [0.2, 0.25) is 0 Å². The summed E-state index contributed by atoms with van der Waals surface area (Å²) < 4.78 is 19.0. The Hall–Kier alpha value is -4.77. The van der Waals surface area contributed by atoms with E-state index in [9.17, 15) is 14.0 Å². The molecule has 0 bridgehead atoms. The smallest absolute Gasteiger partial charge is 0.142 e. The third-order valence-corrected chi connectivity index (χ3v) is 5.67. The largest absolute Gasteiger partial charge is 0.388 e. The lowest BCUT2D eigenvalue weighted by Crippen LogP contribution is -2.17. The average molecular weight is 539 g/mol. The Kier molecular flexibility index (Phi) is 13.9. The zero-order valence-electron chi connectivity index (χ0n) is 23.3. The van der Waals surface area contributed by atoms with Crippen LogP contribution in [0.4, 0.5) is 15.8 Å². The summed E-state index contributed by atoms with van der Waals surface area (Å²) in [4.78, 5) is 22.3. The average Bonchev–Trinajstić information content (AvgIpc) is 2.99. The molecule has 0 amide bonds. The van der Waals surface area contributed by atoms with Crippen LogP contribution in [0.25, 0.3) is 23.3 Å². The van der Waals surface area contributed by atoms with Crippen LogP contribution in [-0.4, -0.2) is 40.5 Å². The van der Waals surface area contributed by atoms with E-state index in [2.05, 4.69) is 10.1 Å². The number of hydrogen-bond acceptors (Lipinski definition) is 5. The van der Waals surface area contributed by atoms with Crippen molar-refractivity contribution in [3.05, 3.63) is 126 Å². The zero-order chi connectivity index (χ0) is 29.2. The monoisotopic (exact) mass is 538 g/mol. The van der Waals surface area contributed by atoms with Gasteiger partial charge < -0.3 is 15.0 Å². The Labute approximate surface area is 236 Å². The van der Waals surface area contributed by atoms with Gasteiger partial charge in [-0.1, -0.05) is 72.8 Å². The van der Waals surface area contributed by atoms with Crippen LogP contribution in [-0.2, 0) is 20.9 Å². The normalized spacial score (nSPS) is 9.82. The van der Waals surface area contributed by atoms with E-state index in [0.29, 0.717) is 12.1 Å². The van der Waals surface area contributed by atoms with E-state index < -0.39 is 0 Å². The highest BCUT2D eigenvalue weighted by Gasteiger charge is 2.09. The molecular weight excluding hydrogens is 503 g/mol. The van der Waals surface area contributed by atoms with Crippen molar-refractivity contribution in [2.45, 2.75) is 6.54 Å². The second-order valence-corrected chi connectivity index (χ2v) is 8.66. The lowest BCUT2D eigenvalue weighted by atomic mass is 10.0. The molecule has 5 nitrogen and oxygen atoms in total. The summed E-state index contributed by atoms with van der Waals surface area (Å²) in [6, 6.07) is 30.4. The van der Waals surface area contributed by atoms with Crippen molar-refractivity contribution < 1.29 is 18.7 Å². The fourth-order valence-electron chi connectivity index (χ4n) is 3.66. The van der Waals surface area contributed by atoms with Gasteiger partial charge in [0, 0.05) is 57.9 Å². The molecular formula is C34H35FN2O3. The number of ether oxygens (including phenoxy) is 1. The first-order valence-electron chi connectivity index (χ1n) is 12.6. The fourth-order valence-corrected chi connectivity index (χ4v) is 3.66. The molecule has 206 valence electrons. The number of nitrogens with zero attached hydrogens (tertiary/aromatic N) is 1. The van der Waals surface area contributed by atoms with Crippen LogP contribution < -0.4 is 10.2 Å². The van der Waals surface area contributed by atoms with E-state index in [1.165, 1.54) is 12.2 Å². The Morgan fingerprint density at radius 1 is 0.875 bits per heavy atom. The van der Waals surface area contributed by atoms with Crippen LogP contribution in [0, 0.1) is 5.82 Å². The second-order valence-electron chi connectivity index (χ2n) is 8.66. The highest BCUT2D eigenvalue weighted by atomic mass is 19.1. The van der Waals surface area contributed by atoms with E-state index in [1.807, 2.05) is 110 Å². The minimum Gasteiger partial charge on any atom is -0.388 e. The van der Waals surface area contributed by atoms with Crippen molar-refractivity contribution in [1.82, 2.24) is 0 Å². The first-order chi connectivity index (χ1) is 19.4. The summed E-state index contributed by atoms with van der Waals surface area (Å²) in [6.45, 7) is 0.450. The van der Waals surface area contributed by atoms with Gasteiger partial charge in [-0.25, -0.2) is 9.18 Å². The van der Waals surface area contributed by atoms with Crippen molar-refractivity contribution in [3.63, 3.8) is 0 Å². The SMILES string of the molecule is CNc1ccc(-c2ccc(CN(C)c3cccc(/C=C/C=O)c3)c(F)c2)cc1.COC.O=C=Cc1ccccc1. The molecule has 40 heavy (non-hydrogen) atoms. The zero-order valence-corrected chi connectivity index (χ0v) is 23.3. The number of rotatable bonds is 8. The molecule has 0 radical (unpaired) electrons. The maximum Gasteiger partial charge on any atom is 0.142 e. The standard InChI is InChI=1S/C24H23FN2O.C8H6O.C2H6O/c1-26-22-12-10-19(11-13-22)20-8-9-21(24(25)16-20)17-27(2)23-7-3-5-18(15-23)6-4-14-28;9-7-6-8-4-2-1-3-5-8;1-3-2/h3-16,26H,17H2,1-2H3;1-6H;1-2H3/b6-4+;;. The topological polar surface area (TPSA) is 58.6 Å². The third kappa shape index (κ3) is 10.5. The van der Waals surface area contributed by atoms with E-state index in [-0.39, 0.29) is 5.82 Å². The van der Waals surface area contributed by atoms with Gasteiger partial charge in [0.2, 0.25) is 0 Å². The number of methoxy groups -OCH3 is 1. The third-order valence-electron chi connectivity index (χ3n) is 5.67. The number of halogens is 1. The molecule has 0 unspecified atom stereocenters. The second kappa shape index (κ2) is 17.7. The Balaban J connectivity index is 0.000000389. The van der Waals surface area contributed by atoms with Crippen molar-refractivity contribution in [2.75, 3.05) is 38.5 Å². The number of nitrogens with one attached hydrogen (secondary N) is 1. The Morgan fingerprint density at radius 3 is 2.12 bits per heavy atom. The van der Waals surface area contributed by atoms with E-state index >= 15 is 0 Å². The first-order valence-corrected chi connectivity index (χ1v) is 12.6. The number of allylic oxidation sites excluding steroid dienone is 1. The Morgan fingerprint density at radius 2 is 1.52 bits per heavy atom. The van der Waals surface area contributed by atoms with Crippen LogP contribution >= 0.6 is 0 Å². The highest BCUT2D eigenvalue weighted by Crippen LogP contribution is 2.25. The molecule has 4 aromatic rings. The molecule has 0 aliphatic heterocycles. The van der Waals surface area contributed by atoms with Crippen LogP contribution in [0.3, 0.4) is 0 Å². The van der Waals surface area contributed by atoms with E-state index in [4.69, 9.17) is 0 Å². The van der Waals surface area contributed by atoms with Crippen molar-refractivity contribution in [3.8, 4) is 11.1 Å². The predicted molar refractivity (Wildman–Crippen MR) is 165 cm³/mol. The summed E-state index contributed by atoms with van der Waals surface area (Å²) in [5, 5.41) is 3.08. The summed E-state index contributed by atoms with van der Waals surface area (Å²) in [5.74, 6) is 1.49. The van der Waals surface area contributed by atoms with E-state index in [1.54, 1.807) is 32.3 Å².